The second kappa shape index (κ2) is 11.5. The van der Waals surface area contributed by atoms with Crippen molar-refractivity contribution in [3.63, 3.8) is 0 Å². The third-order valence-electron chi connectivity index (χ3n) is 8.19. The number of hydrogen-bond donors (Lipinski definition) is 1. The van der Waals surface area contributed by atoms with Crippen LogP contribution in [0.15, 0.2) is 42.6 Å². The summed E-state index contributed by atoms with van der Waals surface area (Å²) in [4.78, 5) is 41.6. The number of carbonyl (C=O) groups is 2. The summed E-state index contributed by atoms with van der Waals surface area (Å²) in [7, 11) is 0. The van der Waals surface area contributed by atoms with Crippen LogP contribution in [0.2, 0.25) is 0 Å². The van der Waals surface area contributed by atoms with E-state index in [-0.39, 0.29) is 23.6 Å². The lowest BCUT2D eigenvalue weighted by molar-refractivity contribution is -0.137. The van der Waals surface area contributed by atoms with Gasteiger partial charge in [0, 0.05) is 17.3 Å². The summed E-state index contributed by atoms with van der Waals surface area (Å²) in [6.45, 7) is 5.43. The number of cyclic esters (lactones) is 1. The van der Waals surface area contributed by atoms with Crippen molar-refractivity contribution in [1.29, 1.82) is 0 Å². The molecule has 2 fully saturated rings. The number of rotatable bonds is 7. The van der Waals surface area contributed by atoms with Gasteiger partial charge in [0.1, 0.15) is 11.1 Å². The van der Waals surface area contributed by atoms with Gasteiger partial charge >= 0.3 is 18.2 Å². The smallest absolute Gasteiger partial charge is 0.416 e. The highest BCUT2D eigenvalue weighted by Gasteiger charge is 2.46. The Morgan fingerprint density at radius 2 is 1.81 bits per heavy atom. The number of aryl methyl sites for hydroxylation is 3. The fraction of sp³-hybridized carbons (Fsp3) is 0.344. The summed E-state index contributed by atoms with van der Waals surface area (Å²) < 4.78 is 73.7. The molecule has 4 aromatic rings. The predicted octanol–water partition coefficient (Wildman–Crippen LogP) is 7.45. The summed E-state index contributed by atoms with van der Waals surface area (Å²) in [5.74, 6) is -3.90. The average Bonchev–Trinajstić information content (AvgIpc) is 3.49. The molecular formula is C32H28F5N5O4S. The van der Waals surface area contributed by atoms with Crippen molar-refractivity contribution in [3.8, 4) is 21.0 Å². The highest BCUT2D eigenvalue weighted by molar-refractivity contribution is 7.18. The van der Waals surface area contributed by atoms with Gasteiger partial charge < -0.3 is 14.7 Å². The Morgan fingerprint density at radius 1 is 1.09 bits per heavy atom. The van der Waals surface area contributed by atoms with E-state index in [4.69, 9.17) is 9.72 Å². The number of carboxylic acids is 1. The quantitative estimate of drug-likeness (QED) is 0.202. The first-order chi connectivity index (χ1) is 22.0. The van der Waals surface area contributed by atoms with Crippen LogP contribution >= 0.6 is 11.3 Å². The zero-order valence-electron chi connectivity index (χ0n) is 25.5. The van der Waals surface area contributed by atoms with Gasteiger partial charge in [-0.15, -0.1) is 11.3 Å². The van der Waals surface area contributed by atoms with Gasteiger partial charge in [0.25, 0.3) is 5.92 Å². The van der Waals surface area contributed by atoms with Gasteiger partial charge in [-0.25, -0.2) is 33.3 Å². The minimum Gasteiger partial charge on any atom is -0.478 e. The zero-order chi connectivity index (χ0) is 34.0. The van der Waals surface area contributed by atoms with E-state index in [2.05, 4.69) is 9.97 Å². The Labute approximate surface area is 269 Å². The van der Waals surface area contributed by atoms with Crippen molar-refractivity contribution in [2.45, 2.75) is 58.5 Å². The van der Waals surface area contributed by atoms with E-state index in [0.717, 1.165) is 12.1 Å². The lowest BCUT2D eigenvalue weighted by atomic mass is 9.98. The van der Waals surface area contributed by atoms with Crippen LogP contribution in [0.4, 0.5) is 32.7 Å². The normalized spacial score (nSPS) is 19.1. The molecule has 0 spiro atoms. The fourth-order valence-electron chi connectivity index (χ4n) is 5.78. The minimum absolute atomic E-state index is 0.0439. The topological polar surface area (TPSA) is 109 Å². The molecule has 0 aliphatic carbocycles. The van der Waals surface area contributed by atoms with E-state index < -0.39 is 55.0 Å². The highest BCUT2D eigenvalue weighted by Crippen LogP contribution is 2.41. The van der Waals surface area contributed by atoms with Crippen LogP contribution in [-0.2, 0) is 17.5 Å². The molecule has 2 aliphatic heterocycles. The van der Waals surface area contributed by atoms with Crippen molar-refractivity contribution in [3.05, 3.63) is 81.8 Å². The van der Waals surface area contributed by atoms with Crippen LogP contribution in [0, 0.1) is 20.8 Å². The lowest BCUT2D eigenvalue weighted by Crippen LogP contribution is -2.57. The van der Waals surface area contributed by atoms with Crippen LogP contribution < -0.4 is 4.90 Å². The van der Waals surface area contributed by atoms with Crippen molar-refractivity contribution in [2.24, 2.45) is 0 Å². The van der Waals surface area contributed by atoms with E-state index in [1.807, 2.05) is 0 Å². The van der Waals surface area contributed by atoms with Crippen molar-refractivity contribution < 1.29 is 41.4 Å². The van der Waals surface area contributed by atoms with Crippen LogP contribution in [0.5, 0.6) is 0 Å². The summed E-state index contributed by atoms with van der Waals surface area (Å²) in [5, 5.41) is 9.94. The minimum atomic E-state index is -4.59. The molecule has 0 bridgehead atoms. The number of anilines is 1. The average molecular weight is 674 g/mol. The van der Waals surface area contributed by atoms with Crippen molar-refractivity contribution >= 4 is 29.3 Å². The molecule has 6 rings (SSSR count). The molecule has 2 aromatic carbocycles. The summed E-state index contributed by atoms with van der Waals surface area (Å²) >= 11 is 1.29. The zero-order valence-corrected chi connectivity index (χ0v) is 26.3. The number of alkyl halides is 5. The molecule has 4 heterocycles. The molecule has 0 unspecified atom stereocenters. The maximum absolute atomic E-state index is 13.7. The second-order valence-corrected chi connectivity index (χ2v) is 12.8. The number of carboxylic acid groups (broad SMARTS) is 1. The summed E-state index contributed by atoms with van der Waals surface area (Å²) in [6, 6.07) is 7.51. The number of aromatic carboxylic acids is 1. The first-order valence-electron chi connectivity index (χ1n) is 14.5. The van der Waals surface area contributed by atoms with Gasteiger partial charge in [-0.3, -0.25) is 4.90 Å². The number of carbonyl (C=O) groups excluding carboxylic acids is 1. The third kappa shape index (κ3) is 6.23. The SMILES string of the molecule is Cc1cc([C@H]2OC(=O)N(Cc3nc(N4CC(F)(F)C4)ncc3-c3sc(-c4ccc(C(=O)O)cc4C)nc3C)[C@H]2C)cc(C(F)(F)F)c1. The molecule has 9 nitrogen and oxygen atoms in total. The number of hydrogen-bond acceptors (Lipinski definition) is 8. The van der Waals surface area contributed by atoms with E-state index in [1.54, 1.807) is 39.0 Å². The number of benzene rings is 2. The molecule has 0 radical (unpaired) electrons. The van der Waals surface area contributed by atoms with Gasteiger partial charge in [0.15, 0.2) is 0 Å². The van der Waals surface area contributed by atoms with Gasteiger partial charge in [0.2, 0.25) is 5.95 Å². The van der Waals surface area contributed by atoms with Gasteiger partial charge in [-0.1, -0.05) is 17.7 Å². The third-order valence-corrected chi connectivity index (χ3v) is 9.42. The van der Waals surface area contributed by atoms with E-state index in [9.17, 15) is 36.6 Å². The summed E-state index contributed by atoms with van der Waals surface area (Å²) in [6.07, 6.45) is -4.88. The maximum Gasteiger partial charge on any atom is 0.416 e. The van der Waals surface area contributed by atoms with Crippen molar-refractivity contribution in [2.75, 3.05) is 18.0 Å². The Hall–Kier alpha value is -4.66. The van der Waals surface area contributed by atoms with Gasteiger partial charge in [0.05, 0.1) is 53.1 Å². The predicted molar refractivity (Wildman–Crippen MR) is 163 cm³/mol. The van der Waals surface area contributed by atoms with Crippen LogP contribution in [0.1, 0.15) is 57.0 Å². The standard InChI is InChI=1S/C32H28F5N5O4S/c1-15-7-20(10-21(8-15)32(35,36)37)25-18(4)42(30(45)46-25)12-24-23(11-38-29(40-24)41-13-31(33,34)14-41)26-17(3)39-27(47-26)22-6-5-19(28(43)44)9-16(22)2/h5-11,18,25H,12-14H2,1-4H3,(H,43,44)/t18-,25-/m0/s1. The molecule has 2 atom stereocenters. The monoisotopic (exact) mass is 673 g/mol. The first kappa shape index (κ1) is 32.3. The number of nitrogens with zero attached hydrogens (tertiary/aromatic N) is 5. The van der Waals surface area contributed by atoms with Gasteiger partial charge in [-0.2, -0.15) is 13.2 Å². The Morgan fingerprint density at radius 3 is 2.45 bits per heavy atom. The number of thiazole rings is 1. The number of halogens is 5. The molecular weight excluding hydrogens is 645 g/mol. The fourth-order valence-corrected chi connectivity index (χ4v) is 6.97. The lowest BCUT2D eigenvalue weighted by Gasteiger charge is -2.38. The van der Waals surface area contributed by atoms with E-state index in [0.29, 0.717) is 43.5 Å². The Balaban J connectivity index is 1.37. The van der Waals surface area contributed by atoms with Crippen LogP contribution in [-0.4, -0.2) is 62.1 Å². The largest absolute Gasteiger partial charge is 0.478 e. The van der Waals surface area contributed by atoms with Gasteiger partial charge in [-0.05, 0) is 63.1 Å². The van der Waals surface area contributed by atoms with E-state index in [1.165, 1.54) is 40.3 Å². The molecule has 0 saturated carbocycles. The summed E-state index contributed by atoms with van der Waals surface area (Å²) in [5.41, 5.74) is 2.63. The molecule has 2 aliphatic rings. The number of aromatic nitrogens is 3. The maximum atomic E-state index is 13.7. The van der Waals surface area contributed by atoms with Crippen molar-refractivity contribution in [1.82, 2.24) is 19.9 Å². The number of ether oxygens (including phenoxy) is 1. The first-order valence-corrected chi connectivity index (χ1v) is 15.3. The number of amides is 1. The second-order valence-electron chi connectivity index (χ2n) is 11.8. The molecule has 1 N–H and O–H groups in total. The highest BCUT2D eigenvalue weighted by atomic mass is 32.1. The van der Waals surface area contributed by atoms with Crippen LogP contribution in [0.3, 0.4) is 0 Å². The molecule has 246 valence electrons. The molecule has 47 heavy (non-hydrogen) atoms. The molecule has 2 saturated heterocycles. The Bertz CT molecular complexity index is 1910. The Kier molecular flexibility index (Phi) is 7.93. The molecule has 15 heteroatoms. The van der Waals surface area contributed by atoms with Crippen LogP contribution in [0.25, 0.3) is 21.0 Å². The van der Waals surface area contributed by atoms with E-state index >= 15 is 0 Å². The molecule has 1 amide bonds. The molecule has 2 aromatic heterocycles.